The Bertz CT molecular complexity index is 930. The third-order valence-corrected chi connectivity index (χ3v) is 5.86. The van der Waals surface area contributed by atoms with E-state index in [2.05, 4.69) is 30.0 Å². The van der Waals surface area contributed by atoms with E-state index in [-0.39, 0.29) is 11.7 Å². The first-order chi connectivity index (χ1) is 12.6. The van der Waals surface area contributed by atoms with Crippen LogP contribution in [0.25, 0.3) is 10.2 Å². The number of hydrogen-bond acceptors (Lipinski definition) is 4. The van der Waals surface area contributed by atoms with Crippen molar-refractivity contribution in [1.29, 1.82) is 0 Å². The Labute approximate surface area is 155 Å². The van der Waals surface area contributed by atoms with Crippen molar-refractivity contribution in [2.45, 2.75) is 13.3 Å². The van der Waals surface area contributed by atoms with E-state index in [4.69, 9.17) is 4.98 Å². The van der Waals surface area contributed by atoms with Gasteiger partial charge in [-0.05, 0) is 36.2 Å². The molecule has 1 amide bonds. The molecule has 0 saturated carbocycles. The Hall–Kier alpha value is -2.47. The second-order valence-electron chi connectivity index (χ2n) is 6.59. The highest BCUT2D eigenvalue weighted by molar-refractivity contribution is 7.22. The number of aryl methyl sites for hydroxylation is 1. The van der Waals surface area contributed by atoms with Crippen LogP contribution < -0.4 is 4.90 Å². The van der Waals surface area contributed by atoms with Crippen LogP contribution in [0.2, 0.25) is 0 Å². The lowest BCUT2D eigenvalue weighted by Gasteiger charge is -2.34. The number of carbonyl (C=O) groups is 1. The number of carbonyl (C=O) groups excluding carboxylic acids is 1. The number of nitrogens with zero attached hydrogens (tertiary/aromatic N) is 3. The molecule has 0 N–H and O–H groups in total. The quantitative estimate of drug-likeness (QED) is 0.707. The van der Waals surface area contributed by atoms with Crippen molar-refractivity contribution in [1.82, 2.24) is 9.88 Å². The summed E-state index contributed by atoms with van der Waals surface area (Å²) in [5.74, 6) is -0.183. The molecule has 6 heteroatoms. The number of anilines is 1. The molecule has 1 aromatic heterocycles. The number of piperazine rings is 1. The fraction of sp³-hybridized carbons (Fsp3) is 0.300. The fourth-order valence-electron chi connectivity index (χ4n) is 3.25. The summed E-state index contributed by atoms with van der Waals surface area (Å²) in [6.45, 7) is 5.03. The van der Waals surface area contributed by atoms with Gasteiger partial charge in [-0.3, -0.25) is 4.79 Å². The van der Waals surface area contributed by atoms with E-state index >= 15 is 0 Å². The first-order valence-electron chi connectivity index (χ1n) is 8.73. The van der Waals surface area contributed by atoms with Crippen molar-refractivity contribution in [3.05, 3.63) is 59.4 Å². The zero-order valence-corrected chi connectivity index (χ0v) is 15.4. The van der Waals surface area contributed by atoms with Crippen LogP contribution in [0.15, 0.2) is 42.5 Å². The maximum Gasteiger partial charge on any atom is 0.227 e. The molecule has 0 bridgehead atoms. The van der Waals surface area contributed by atoms with Gasteiger partial charge in [0, 0.05) is 26.2 Å². The van der Waals surface area contributed by atoms with Gasteiger partial charge in [-0.15, -0.1) is 0 Å². The fourth-order valence-corrected chi connectivity index (χ4v) is 4.34. The maximum absolute atomic E-state index is 13.0. The summed E-state index contributed by atoms with van der Waals surface area (Å²) in [4.78, 5) is 21.4. The average Bonchev–Trinajstić information content (AvgIpc) is 3.09. The molecule has 26 heavy (non-hydrogen) atoms. The van der Waals surface area contributed by atoms with Crippen LogP contribution in [0, 0.1) is 12.7 Å². The minimum Gasteiger partial charge on any atom is -0.345 e. The van der Waals surface area contributed by atoms with Gasteiger partial charge in [-0.2, -0.15) is 0 Å². The van der Waals surface area contributed by atoms with Crippen molar-refractivity contribution in [2.75, 3.05) is 31.1 Å². The summed E-state index contributed by atoms with van der Waals surface area (Å²) < 4.78 is 14.2. The lowest BCUT2D eigenvalue weighted by Crippen LogP contribution is -2.49. The molecule has 3 aromatic rings. The van der Waals surface area contributed by atoms with E-state index in [1.54, 1.807) is 23.5 Å². The van der Waals surface area contributed by atoms with Crippen molar-refractivity contribution in [3.8, 4) is 0 Å². The lowest BCUT2D eigenvalue weighted by molar-refractivity contribution is -0.130. The molecular weight excluding hydrogens is 349 g/mol. The van der Waals surface area contributed by atoms with Gasteiger partial charge in [-0.1, -0.05) is 35.6 Å². The van der Waals surface area contributed by atoms with Crippen molar-refractivity contribution >= 4 is 32.6 Å². The van der Waals surface area contributed by atoms with Gasteiger partial charge < -0.3 is 9.80 Å². The number of amides is 1. The highest BCUT2D eigenvalue weighted by Crippen LogP contribution is 2.31. The normalized spacial score (nSPS) is 14.8. The lowest BCUT2D eigenvalue weighted by atomic mass is 10.1. The molecule has 1 saturated heterocycles. The minimum atomic E-state index is -0.277. The molecule has 0 unspecified atom stereocenters. The highest BCUT2D eigenvalue weighted by atomic mass is 32.1. The second-order valence-corrected chi connectivity index (χ2v) is 7.60. The predicted octanol–water partition coefficient (Wildman–Crippen LogP) is 3.64. The van der Waals surface area contributed by atoms with E-state index in [9.17, 15) is 9.18 Å². The third-order valence-electron chi connectivity index (χ3n) is 4.78. The predicted molar refractivity (Wildman–Crippen MR) is 103 cm³/mol. The Kier molecular flexibility index (Phi) is 4.59. The molecule has 4 nitrogen and oxygen atoms in total. The van der Waals surface area contributed by atoms with Gasteiger partial charge in [0.1, 0.15) is 5.82 Å². The molecule has 1 fully saturated rings. The molecule has 0 spiro atoms. The van der Waals surface area contributed by atoms with Crippen LogP contribution >= 0.6 is 11.3 Å². The Morgan fingerprint density at radius 2 is 1.85 bits per heavy atom. The topological polar surface area (TPSA) is 36.4 Å². The van der Waals surface area contributed by atoms with Crippen LogP contribution in [-0.2, 0) is 11.2 Å². The summed E-state index contributed by atoms with van der Waals surface area (Å²) in [5, 5.41) is 1.03. The Morgan fingerprint density at radius 3 is 2.54 bits per heavy atom. The van der Waals surface area contributed by atoms with Gasteiger partial charge in [0.15, 0.2) is 5.13 Å². The van der Waals surface area contributed by atoms with Crippen LogP contribution in [0.5, 0.6) is 0 Å². The number of thiazole rings is 1. The van der Waals surface area contributed by atoms with Gasteiger partial charge in [0.2, 0.25) is 5.91 Å². The number of hydrogen-bond donors (Lipinski definition) is 0. The summed E-state index contributed by atoms with van der Waals surface area (Å²) in [6.07, 6.45) is 0.320. The van der Waals surface area contributed by atoms with Gasteiger partial charge >= 0.3 is 0 Å². The molecule has 0 radical (unpaired) electrons. The SMILES string of the molecule is Cc1cccc2sc(N3CCN(C(=O)Cc4ccc(F)cc4)CC3)nc12. The van der Waals surface area contributed by atoms with Crippen molar-refractivity contribution in [2.24, 2.45) is 0 Å². The van der Waals surface area contributed by atoms with Crippen LogP contribution in [0.4, 0.5) is 9.52 Å². The Balaban J connectivity index is 1.39. The number of rotatable bonds is 3. The largest absolute Gasteiger partial charge is 0.345 e. The Morgan fingerprint density at radius 1 is 1.12 bits per heavy atom. The number of para-hydroxylation sites is 1. The zero-order valence-electron chi connectivity index (χ0n) is 14.6. The molecule has 0 aliphatic carbocycles. The van der Waals surface area contributed by atoms with Gasteiger partial charge in [0.25, 0.3) is 0 Å². The zero-order chi connectivity index (χ0) is 18.1. The molecule has 4 rings (SSSR count). The van der Waals surface area contributed by atoms with Crippen molar-refractivity contribution in [3.63, 3.8) is 0 Å². The van der Waals surface area contributed by atoms with Crippen LogP contribution in [0.3, 0.4) is 0 Å². The van der Waals surface area contributed by atoms with E-state index in [0.717, 1.165) is 29.3 Å². The average molecular weight is 369 g/mol. The second kappa shape index (κ2) is 7.03. The van der Waals surface area contributed by atoms with E-state index < -0.39 is 0 Å². The monoisotopic (exact) mass is 369 g/mol. The number of aromatic nitrogens is 1. The number of halogens is 1. The van der Waals surface area contributed by atoms with E-state index in [0.29, 0.717) is 19.5 Å². The minimum absolute atomic E-state index is 0.0939. The molecular formula is C20H20FN3OS. The summed E-state index contributed by atoms with van der Waals surface area (Å²) >= 11 is 1.71. The summed E-state index contributed by atoms with van der Waals surface area (Å²) in [6, 6.07) is 12.4. The molecule has 2 aromatic carbocycles. The standard InChI is InChI=1S/C20H20FN3OS/c1-14-3-2-4-17-19(14)22-20(26-17)24-11-9-23(10-12-24)18(25)13-15-5-7-16(21)8-6-15/h2-8H,9-13H2,1H3. The van der Waals surface area contributed by atoms with Crippen LogP contribution in [0.1, 0.15) is 11.1 Å². The van der Waals surface area contributed by atoms with Gasteiger partial charge in [-0.25, -0.2) is 9.37 Å². The summed E-state index contributed by atoms with van der Waals surface area (Å²) in [5.41, 5.74) is 3.11. The van der Waals surface area contributed by atoms with E-state index in [1.807, 2.05) is 4.90 Å². The third kappa shape index (κ3) is 3.42. The molecule has 1 aliphatic heterocycles. The van der Waals surface area contributed by atoms with Crippen molar-refractivity contribution < 1.29 is 9.18 Å². The van der Waals surface area contributed by atoms with E-state index in [1.165, 1.54) is 22.4 Å². The summed E-state index contributed by atoms with van der Waals surface area (Å²) in [7, 11) is 0. The number of fused-ring (bicyclic) bond motifs is 1. The maximum atomic E-state index is 13.0. The molecule has 0 atom stereocenters. The molecule has 134 valence electrons. The molecule has 1 aliphatic rings. The molecule has 2 heterocycles. The van der Waals surface area contributed by atoms with Gasteiger partial charge in [0.05, 0.1) is 16.6 Å². The smallest absolute Gasteiger partial charge is 0.227 e. The highest BCUT2D eigenvalue weighted by Gasteiger charge is 2.23. The first-order valence-corrected chi connectivity index (χ1v) is 9.55. The number of benzene rings is 2. The first kappa shape index (κ1) is 17.0. The van der Waals surface area contributed by atoms with Crippen LogP contribution in [-0.4, -0.2) is 42.0 Å².